The van der Waals surface area contributed by atoms with Gasteiger partial charge in [-0.25, -0.2) is 4.79 Å². The number of unbranched alkanes of at least 4 members (excludes halogenated alkanes) is 1. The average Bonchev–Trinajstić information content (AvgIpc) is 2.56. The SMILES string of the molecule is C=C(CC)C(C=CCCC)COc1ccc2ccc(=O)oc2c1. The van der Waals surface area contributed by atoms with Gasteiger partial charge in [0.15, 0.2) is 0 Å². The van der Waals surface area contributed by atoms with E-state index >= 15 is 0 Å². The highest BCUT2D eigenvalue weighted by atomic mass is 16.5. The van der Waals surface area contributed by atoms with E-state index in [0.29, 0.717) is 17.9 Å². The van der Waals surface area contributed by atoms with E-state index in [1.165, 1.54) is 6.07 Å². The standard InChI is InChI=1S/C20H24O3/c1-4-6-7-8-17(15(3)5-2)14-22-18-11-9-16-10-12-20(21)23-19(16)13-18/h7-13,17H,3-6,14H2,1-2H3. The van der Waals surface area contributed by atoms with Crippen LogP contribution in [0.15, 0.2) is 63.8 Å². The smallest absolute Gasteiger partial charge is 0.336 e. The van der Waals surface area contributed by atoms with Gasteiger partial charge in [-0.1, -0.05) is 44.6 Å². The molecule has 1 heterocycles. The molecule has 0 spiro atoms. The van der Waals surface area contributed by atoms with Crippen LogP contribution in [-0.4, -0.2) is 6.61 Å². The fourth-order valence-electron chi connectivity index (χ4n) is 2.32. The summed E-state index contributed by atoms with van der Waals surface area (Å²) in [7, 11) is 0. The molecule has 1 unspecified atom stereocenters. The quantitative estimate of drug-likeness (QED) is 0.502. The first-order valence-corrected chi connectivity index (χ1v) is 8.15. The molecule has 1 atom stereocenters. The van der Waals surface area contributed by atoms with Crippen molar-refractivity contribution in [2.75, 3.05) is 6.61 Å². The Morgan fingerprint density at radius 2 is 2.09 bits per heavy atom. The zero-order valence-corrected chi connectivity index (χ0v) is 13.9. The third-order valence-corrected chi connectivity index (χ3v) is 3.83. The van der Waals surface area contributed by atoms with Crippen molar-refractivity contribution < 1.29 is 9.15 Å². The van der Waals surface area contributed by atoms with Crippen LogP contribution in [0.3, 0.4) is 0 Å². The summed E-state index contributed by atoms with van der Waals surface area (Å²) in [5.41, 5.74) is 1.35. The van der Waals surface area contributed by atoms with Crippen molar-refractivity contribution in [2.45, 2.75) is 33.1 Å². The summed E-state index contributed by atoms with van der Waals surface area (Å²) in [4.78, 5) is 11.3. The van der Waals surface area contributed by atoms with Crippen LogP contribution in [-0.2, 0) is 0 Å². The molecule has 2 aromatic rings. The summed E-state index contributed by atoms with van der Waals surface area (Å²) in [5, 5.41) is 0.884. The Labute approximate surface area is 137 Å². The molecule has 0 aliphatic heterocycles. The number of fused-ring (bicyclic) bond motifs is 1. The topological polar surface area (TPSA) is 39.4 Å². The lowest BCUT2D eigenvalue weighted by atomic mass is 9.98. The van der Waals surface area contributed by atoms with E-state index in [-0.39, 0.29) is 11.5 Å². The van der Waals surface area contributed by atoms with E-state index in [1.54, 1.807) is 12.1 Å². The first-order valence-electron chi connectivity index (χ1n) is 8.15. The Morgan fingerprint density at radius 1 is 1.30 bits per heavy atom. The summed E-state index contributed by atoms with van der Waals surface area (Å²) in [6, 6.07) is 8.72. The van der Waals surface area contributed by atoms with Crippen molar-refractivity contribution in [2.24, 2.45) is 5.92 Å². The minimum Gasteiger partial charge on any atom is -0.493 e. The fourth-order valence-corrected chi connectivity index (χ4v) is 2.32. The Kier molecular flexibility index (Phi) is 6.21. The molecular weight excluding hydrogens is 288 g/mol. The molecule has 23 heavy (non-hydrogen) atoms. The monoisotopic (exact) mass is 312 g/mol. The van der Waals surface area contributed by atoms with Crippen LogP contribution in [0.2, 0.25) is 0 Å². The van der Waals surface area contributed by atoms with Gasteiger partial charge in [-0.2, -0.15) is 0 Å². The molecule has 0 saturated carbocycles. The molecular formula is C20H24O3. The van der Waals surface area contributed by atoms with Crippen molar-refractivity contribution >= 4 is 11.0 Å². The van der Waals surface area contributed by atoms with Gasteiger partial charge in [0.25, 0.3) is 0 Å². The summed E-state index contributed by atoms with van der Waals surface area (Å²) in [6.07, 6.45) is 7.49. The molecule has 0 fully saturated rings. The zero-order valence-electron chi connectivity index (χ0n) is 13.9. The van der Waals surface area contributed by atoms with Gasteiger partial charge in [0.1, 0.15) is 11.3 Å². The van der Waals surface area contributed by atoms with Crippen molar-refractivity contribution in [1.29, 1.82) is 0 Å². The Morgan fingerprint density at radius 3 is 2.83 bits per heavy atom. The van der Waals surface area contributed by atoms with E-state index in [2.05, 4.69) is 32.6 Å². The number of rotatable bonds is 8. The Balaban J connectivity index is 2.10. The highest BCUT2D eigenvalue weighted by molar-refractivity contribution is 5.77. The van der Waals surface area contributed by atoms with Crippen LogP contribution >= 0.6 is 0 Å². The normalized spacial score (nSPS) is 12.6. The van der Waals surface area contributed by atoms with E-state index in [9.17, 15) is 4.79 Å². The molecule has 0 amide bonds. The highest BCUT2D eigenvalue weighted by Crippen LogP contribution is 2.22. The first-order chi connectivity index (χ1) is 11.1. The number of hydrogen-bond donors (Lipinski definition) is 0. The molecule has 122 valence electrons. The van der Waals surface area contributed by atoms with Crippen LogP contribution in [0.1, 0.15) is 33.1 Å². The molecule has 1 aromatic heterocycles. The molecule has 2 rings (SSSR count). The maximum atomic E-state index is 11.3. The molecule has 0 radical (unpaired) electrons. The molecule has 0 aliphatic carbocycles. The van der Waals surface area contributed by atoms with Gasteiger partial charge in [0.2, 0.25) is 0 Å². The molecule has 3 nitrogen and oxygen atoms in total. The van der Waals surface area contributed by atoms with E-state index in [0.717, 1.165) is 30.2 Å². The lowest BCUT2D eigenvalue weighted by Crippen LogP contribution is -2.11. The predicted octanol–water partition coefficient (Wildman–Crippen LogP) is 5.11. The zero-order chi connectivity index (χ0) is 16.7. The lowest BCUT2D eigenvalue weighted by Gasteiger charge is -2.16. The van der Waals surface area contributed by atoms with E-state index in [4.69, 9.17) is 9.15 Å². The third-order valence-electron chi connectivity index (χ3n) is 3.83. The van der Waals surface area contributed by atoms with Crippen LogP contribution in [0.25, 0.3) is 11.0 Å². The molecule has 0 aliphatic rings. The third kappa shape index (κ3) is 4.85. The minimum absolute atomic E-state index is 0.199. The van der Waals surface area contributed by atoms with Crippen LogP contribution in [0.5, 0.6) is 5.75 Å². The van der Waals surface area contributed by atoms with Crippen molar-refractivity contribution in [1.82, 2.24) is 0 Å². The summed E-state index contributed by atoms with van der Waals surface area (Å²) in [6.45, 7) is 8.94. The number of benzene rings is 1. The highest BCUT2D eigenvalue weighted by Gasteiger charge is 2.09. The number of ether oxygens (including phenoxy) is 1. The van der Waals surface area contributed by atoms with Gasteiger partial charge in [0, 0.05) is 23.4 Å². The second-order valence-corrected chi connectivity index (χ2v) is 5.60. The van der Waals surface area contributed by atoms with Crippen molar-refractivity contribution in [3.8, 4) is 5.75 Å². The van der Waals surface area contributed by atoms with Crippen molar-refractivity contribution in [3.05, 3.63) is 65.1 Å². The second kappa shape index (κ2) is 8.37. The molecule has 0 saturated heterocycles. The minimum atomic E-state index is -0.352. The van der Waals surface area contributed by atoms with Crippen molar-refractivity contribution in [3.63, 3.8) is 0 Å². The molecule has 0 N–H and O–H groups in total. The van der Waals surface area contributed by atoms with E-state index < -0.39 is 0 Å². The Bertz CT molecular complexity index is 740. The molecule has 3 heteroatoms. The van der Waals surface area contributed by atoms with Gasteiger partial charge in [-0.3, -0.25) is 0 Å². The van der Waals surface area contributed by atoms with Gasteiger partial charge in [-0.05, 0) is 31.0 Å². The fraction of sp³-hybridized carbons (Fsp3) is 0.350. The van der Waals surface area contributed by atoms with Crippen LogP contribution < -0.4 is 10.4 Å². The summed E-state index contributed by atoms with van der Waals surface area (Å²) < 4.78 is 11.1. The van der Waals surface area contributed by atoms with Gasteiger partial charge >= 0.3 is 5.63 Å². The van der Waals surface area contributed by atoms with Crippen LogP contribution in [0, 0.1) is 5.92 Å². The predicted molar refractivity (Wildman–Crippen MR) is 94.9 cm³/mol. The maximum absolute atomic E-state index is 11.3. The van der Waals surface area contributed by atoms with E-state index in [1.807, 2.05) is 12.1 Å². The average molecular weight is 312 g/mol. The first kappa shape index (κ1) is 17.1. The van der Waals surface area contributed by atoms with Gasteiger partial charge in [0.05, 0.1) is 6.61 Å². The molecule has 0 bridgehead atoms. The number of hydrogen-bond acceptors (Lipinski definition) is 3. The second-order valence-electron chi connectivity index (χ2n) is 5.60. The maximum Gasteiger partial charge on any atom is 0.336 e. The van der Waals surface area contributed by atoms with Gasteiger partial charge in [-0.15, -0.1) is 0 Å². The lowest BCUT2D eigenvalue weighted by molar-refractivity contribution is 0.290. The Hall–Kier alpha value is -2.29. The largest absolute Gasteiger partial charge is 0.493 e. The molecule has 1 aromatic carbocycles. The summed E-state index contributed by atoms with van der Waals surface area (Å²) >= 11 is 0. The van der Waals surface area contributed by atoms with Crippen LogP contribution in [0.4, 0.5) is 0 Å². The number of allylic oxidation sites excluding steroid dienone is 1. The van der Waals surface area contributed by atoms with Gasteiger partial charge < -0.3 is 9.15 Å². The summed E-state index contributed by atoms with van der Waals surface area (Å²) in [5.74, 6) is 0.898.